The minimum Gasteiger partial charge on any atom is -0.294 e. The minimum atomic E-state index is 0.718. The van der Waals surface area contributed by atoms with Gasteiger partial charge in [-0.3, -0.25) is 4.57 Å². The molecule has 178 valence electrons. The lowest BCUT2D eigenvalue weighted by atomic mass is 10.1. The van der Waals surface area contributed by atoms with E-state index in [1.54, 1.807) is 0 Å². The first-order chi connectivity index (χ1) is 18.8. The van der Waals surface area contributed by atoms with E-state index < -0.39 is 0 Å². The van der Waals surface area contributed by atoms with Crippen LogP contribution in [-0.4, -0.2) is 14.5 Å². The molecule has 0 aliphatic rings. The molecule has 0 saturated carbocycles. The predicted octanol–water partition coefficient (Wildman–Crippen LogP) is 9.28. The quantitative estimate of drug-likeness (QED) is 0.240. The number of aromatic nitrogens is 3. The van der Waals surface area contributed by atoms with Crippen LogP contribution in [0.2, 0.25) is 0 Å². The van der Waals surface area contributed by atoms with E-state index in [-0.39, 0.29) is 0 Å². The molecule has 3 heterocycles. The summed E-state index contributed by atoms with van der Waals surface area (Å²) in [7, 11) is 0. The number of hydrogen-bond donors (Lipinski definition) is 0. The first-order valence-corrected chi connectivity index (χ1v) is 13.5. The fourth-order valence-corrected chi connectivity index (χ4v) is 6.76. The van der Waals surface area contributed by atoms with Crippen LogP contribution in [-0.2, 0) is 0 Å². The Morgan fingerprint density at radius 3 is 2.03 bits per heavy atom. The molecule has 0 saturated heterocycles. The van der Waals surface area contributed by atoms with E-state index >= 15 is 0 Å². The fourth-order valence-electron chi connectivity index (χ4n) is 5.50. The van der Waals surface area contributed by atoms with Gasteiger partial charge in [0.1, 0.15) is 5.82 Å². The average molecular weight is 504 g/mol. The van der Waals surface area contributed by atoms with Crippen LogP contribution >= 0.6 is 11.3 Å². The van der Waals surface area contributed by atoms with E-state index in [2.05, 4.69) is 108 Å². The van der Waals surface area contributed by atoms with E-state index in [0.717, 1.165) is 39.5 Å². The van der Waals surface area contributed by atoms with Crippen LogP contribution < -0.4 is 0 Å². The zero-order valence-corrected chi connectivity index (χ0v) is 21.2. The van der Waals surface area contributed by atoms with Crippen molar-refractivity contribution in [3.05, 3.63) is 127 Å². The van der Waals surface area contributed by atoms with Gasteiger partial charge in [0.2, 0.25) is 0 Å². The molecular weight excluding hydrogens is 482 g/mol. The summed E-state index contributed by atoms with van der Waals surface area (Å²) in [4.78, 5) is 10.2. The number of hydrogen-bond acceptors (Lipinski definition) is 3. The van der Waals surface area contributed by atoms with E-state index in [4.69, 9.17) is 9.97 Å². The van der Waals surface area contributed by atoms with Crippen LogP contribution in [0.1, 0.15) is 0 Å². The third kappa shape index (κ3) is 3.21. The number of rotatable bonds is 3. The maximum atomic E-state index is 5.15. The van der Waals surface area contributed by atoms with Crippen LogP contribution in [0.25, 0.3) is 70.4 Å². The van der Waals surface area contributed by atoms with Crippen molar-refractivity contribution in [2.45, 2.75) is 0 Å². The van der Waals surface area contributed by atoms with Crippen molar-refractivity contribution >= 4 is 53.3 Å². The molecule has 3 aromatic heterocycles. The fraction of sp³-hybridized carbons (Fsp3) is 0. The Bertz CT molecular complexity index is 2070. The molecule has 38 heavy (non-hydrogen) atoms. The number of benzene rings is 5. The molecule has 0 fully saturated rings. The molecule has 8 aromatic rings. The molecule has 0 unspecified atom stereocenters. The molecule has 8 rings (SSSR count). The zero-order valence-electron chi connectivity index (χ0n) is 20.4. The monoisotopic (exact) mass is 503 g/mol. The van der Waals surface area contributed by atoms with Gasteiger partial charge in [0.25, 0.3) is 0 Å². The highest BCUT2D eigenvalue weighted by molar-refractivity contribution is 7.26. The Balaban J connectivity index is 1.49. The molecular formula is C34H21N3S. The number of fused-ring (bicyclic) bond motifs is 7. The Labute approximate surface area is 223 Å². The van der Waals surface area contributed by atoms with Crippen LogP contribution in [0.15, 0.2) is 127 Å². The third-order valence-corrected chi connectivity index (χ3v) is 8.43. The van der Waals surface area contributed by atoms with Crippen LogP contribution in [0.3, 0.4) is 0 Å². The van der Waals surface area contributed by atoms with Crippen molar-refractivity contribution in [3.63, 3.8) is 0 Å². The lowest BCUT2D eigenvalue weighted by Crippen LogP contribution is -2.02. The highest BCUT2D eigenvalue weighted by Crippen LogP contribution is 2.43. The SMILES string of the molecule is c1ccc(-c2cc(-n3c4ccccc4c4c5sc6ccccc6c5ccc43)nc(-c3ccccc3)n2)cc1. The van der Waals surface area contributed by atoms with Gasteiger partial charge in [-0.1, -0.05) is 103 Å². The molecule has 0 aliphatic carbocycles. The van der Waals surface area contributed by atoms with Gasteiger partial charge in [0, 0.05) is 48.1 Å². The van der Waals surface area contributed by atoms with Gasteiger partial charge in [-0.15, -0.1) is 11.3 Å². The zero-order chi connectivity index (χ0) is 25.1. The molecule has 3 nitrogen and oxygen atoms in total. The van der Waals surface area contributed by atoms with Crippen molar-refractivity contribution in [3.8, 4) is 28.5 Å². The lowest BCUT2D eigenvalue weighted by Gasteiger charge is -2.12. The molecule has 5 aromatic carbocycles. The number of para-hydroxylation sites is 1. The predicted molar refractivity (Wildman–Crippen MR) is 160 cm³/mol. The molecule has 0 spiro atoms. The molecule has 0 aliphatic heterocycles. The Morgan fingerprint density at radius 1 is 0.526 bits per heavy atom. The molecule has 0 radical (unpaired) electrons. The van der Waals surface area contributed by atoms with Crippen LogP contribution in [0.4, 0.5) is 0 Å². The normalized spacial score (nSPS) is 11.7. The Hall–Kier alpha value is -4.80. The summed E-state index contributed by atoms with van der Waals surface area (Å²) in [6, 6.07) is 44.6. The summed E-state index contributed by atoms with van der Waals surface area (Å²) in [5, 5.41) is 5.13. The van der Waals surface area contributed by atoms with Gasteiger partial charge in [-0.2, -0.15) is 0 Å². The summed E-state index contributed by atoms with van der Waals surface area (Å²) >= 11 is 1.87. The van der Waals surface area contributed by atoms with Crippen molar-refractivity contribution in [1.82, 2.24) is 14.5 Å². The molecule has 0 atom stereocenters. The summed E-state index contributed by atoms with van der Waals surface area (Å²) in [5.74, 6) is 1.58. The van der Waals surface area contributed by atoms with Gasteiger partial charge >= 0.3 is 0 Å². The van der Waals surface area contributed by atoms with Crippen molar-refractivity contribution in [2.24, 2.45) is 0 Å². The summed E-state index contributed by atoms with van der Waals surface area (Å²) in [5.41, 5.74) is 5.27. The van der Waals surface area contributed by atoms with Crippen LogP contribution in [0, 0.1) is 0 Å². The van der Waals surface area contributed by atoms with Crippen molar-refractivity contribution < 1.29 is 0 Å². The summed E-state index contributed by atoms with van der Waals surface area (Å²) in [6.45, 7) is 0. The topological polar surface area (TPSA) is 30.7 Å². The maximum absolute atomic E-state index is 5.15. The Kier molecular flexibility index (Phi) is 4.69. The van der Waals surface area contributed by atoms with Crippen molar-refractivity contribution in [1.29, 1.82) is 0 Å². The van der Waals surface area contributed by atoms with E-state index in [0.29, 0.717) is 0 Å². The second kappa shape index (κ2) is 8.37. The van der Waals surface area contributed by atoms with Crippen LogP contribution in [0.5, 0.6) is 0 Å². The van der Waals surface area contributed by atoms with Gasteiger partial charge in [-0.05, 0) is 18.2 Å². The van der Waals surface area contributed by atoms with Gasteiger partial charge in [0.15, 0.2) is 5.82 Å². The second-order valence-corrected chi connectivity index (χ2v) is 10.5. The minimum absolute atomic E-state index is 0.718. The van der Waals surface area contributed by atoms with E-state index in [9.17, 15) is 0 Å². The standard InChI is InChI=1S/C34H21N3S/c1-3-11-22(12-4-1)27-21-31(36-34(35-27)23-13-5-2-6-14-23)37-28-17-9-7-16-26(28)32-29(37)20-19-25-24-15-8-10-18-30(24)38-33(25)32/h1-21H. The highest BCUT2D eigenvalue weighted by Gasteiger charge is 2.19. The average Bonchev–Trinajstić information content (AvgIpc) is 3.53. The smallest absolute Gasteiger partial charge is 0.162 e. The molecule has 4 heteroatoms. The van der Waals surface area contributed by atoms with E-state index in [1.165, 1.54) is 30.9 Å². The molecule has 0 bridgehead atoms. The maximum Gasteiger partial charge on any atom is 0.162 e. The number of thiophene rings is 1. The lowest BCUT2D eigenvalue weighted by molar-refractivity contribution is 1.05. The molecule has 0 amide bonds. The first-order valence-electron chi connectivity index (χ1n) is 12.7. The second-order valence-electron chi connectivity index (χ2n) is 9.45. The molecule has 0 N–H and O–H groups in total. The third-order valence-electron chi connectivity index (χ3n) is 7.22. The number of nitrogens with zero attached hydrogens (tertiary/aromatic N) is 3. The van der Waals surface area contributed by atoms with Gasteiger partial charge < -0.3 is 0 Å². The van der Waals surface area contributed by atoms with E-state index in [1.807, 2.05) is 35.6 Å². The largest absolute Gasteiger partial charge is 0.294 e. The van der Waals surface area contributed by atoms with Gasteiger partial charge in [0.05, 0.1) is 16.7 Å². The first kappa shape index (κ1) is 21.3. The van der Waals surface area contributed by atoms with Gasteiger partial charge in [-0.25, -0.2) is 9.97 Å². The highest BCUT2D eigenvalue weighted by atomic mass is 32.1. The van der Waals surface area contributed by atoms with Crippen molar-refractivity contribution in [2.75, 3.05) is 0 Å². The Morgan fingerprint density at radius 2 is 1.21 bits per heavy atom. The summed E-state index contributed by atoms with van der Waals surface area (Å²) in [6.07, 6.45) is 0. The summed E-state index contributed by atoms with van der Waals surface area (Å²) < 4.78 is 4.93.